The van der Waals surface area contributed by atoms with E-state index in [2.05, 4.69) is 10.5 Å². The summed E-state index contributed by atoms with van der Waals surface area (Å²) in [5, 5.41) is 4.77. The molecule has 0 unspecified atom stereocenters. The molecular weight excluding hydrogens is 481 g/mol. The summed E-state index contributed by atoms with van der Waals surface area (Å²) in [6, 6.07) is 18.5. The van der Waals surface area contributed by atoms with Crippen molar-refractivity contribution >= 4 is 51.0 Å². The normalized spacial score (nSPS) is 11.5. The fourth-order valence-electron chi connectivity index (χ4n) is 3.14. The van der Waals surface area contributed by atoms with E-state index >= 15 is 0 Å². The van der Waals surface area contributed by atoms with Gasteiger partial charge in [0.1, 0.15) is 6.54 Å². The third-order valence-corrected chi connectivity index (χ3v) is 7.23. The molecule has 6 nitrogen and oxygen atoms in total. The Kier molecular flexibility index (Phi) is 8.13. The van der Waals surface area contributed by atoms with Gasteiger partial charge in [0, 0.05) is 10.6 Å². The van der Waals surface area contributed by atoms with E-state index in [9.17, 15) is 13.2 Å². The standard InChI is InChI=1S/C24H23Cl2N3O3S/c1-3-18-6-4-5-7-23(18)29(33(31,32)21-12-8-17(2)9-13-21)16-24(30)28-27-15-19-10-11-20(25)14-22(19)26/h4-15H,3,16H2,1-2H3,(H,28,30)/b27-15-. The molecule has 0 heterocycles. The van der Waals surface area contributed by atoms with E-state index in [-0.39, 0.29) is 4.90 Å². The summed E-state index contributed by atoms with van der Waals surface area (Å²) >= 11 is 12.0. The van der Waals surface area contributed by atoms with Gasteiger partial charge < -0.3 is 0 Å². The summed E-state index contributed by atoms with van der Waals surface area (Å²) in [6.45, 7) is 3.35. The number of carbonyl (C=O) groups excluding carboxylic acids is 1. The minimum absolute atomic E-state index is 0.100. The highest BCUT2D eigenvalue weighted by atomic mass is 35.5. The van der Waals surface area contributed by atoms with Crippen LogP contribution >= 0.6 is 23.2 Å². The van der Waals surface area contributed by atoms with E-state index in [1.54, 1.807) is 42.5 Å². The lowest BCUT2D eigenvalue weighted by molar-refractivity contribution is -0.119. The number of hydrogen-bond donors (Lipinski definition) is 1. The number of rotatable bonds is 8. The third kappa shape index (κ3) is 6.13. The summed E-state index contributed by atoms with van der Waals surface area (Å²) in [4.78, 5) is 12.8. The number of carbonyl (C=O) groups is 1. The van der Waals surface area contributed by atoms with Gasteiger partial charge in [-0.2, -0.15) is 5.10 Å². The van der Waals surface area contributed by atoms with Crippen molar-refractivity contribution in [2.75, 3.05) is 10.8 Å². The maximum atomic E-state index is 13.5. The smallest absolute Gasteiger partial charge is 0.264 e. The molecule has 0 aromatic heterocycles. The first kappa shape index (κ1) is 24.8. The number of anilines is 1. The van der Waals surface area contributed by atoms with Gasteiger partial charge in [0.25, 0.3) is 15.9 Å². The Bertz CT molecular complexity index is 1280. The minimum atomic E-state index is -4.00. The van der Waals surface area contributed by atoms with Gasteiger partial charge in [0.2, 0.25) is 0 Å². The predicted molar refractivity (Wildman–Crippen MR) is 134 cm³/mol. The number of halogens is 2. The van der Waals surface area contributed by atoms with E-state index in [0.29, 0.717) is 27.7 Å². The van der Waals surface area contributed by atoms with Crippen LogP contribution in [-0.4, -0.2) is 27.1 Å². The molecule has 0 atom stereocenters. The molecule has 0 fully saturated rings. The molecule has 1 N–H and O–H groups in total. The van der Waals surface area contributed by atoms with E-state index in [1.165, 1.54) is 18.3 Å². The number of nitrogens with zero attached hydrogens (tertiary/aromatic N) is 2. The van der Waals surface area contributed by atoms with Crippen molar-refractivity contribution < 1.29 is 13.2 Å². The van der Waals surface area contributed by atoms with Crippen LogP contribution < -0.4 is 9.73 Å². The van der Waals surface area contributed by atoms with E-state index in [0.717, 1.165) is 15.4 Å². The average Bonchev–Trinajstić information content (AvgIpc) is 2.79. The van der Waals surface area contributed by atoms with Gasteiger partial charge in [-0.05, 0) is 49.2 Å². The monoisotopic (exact) mass is 503 g/mol. The minimum Gasteiger partial charge on any atom is -0.271 e. The van der Waals surface area contributed by atoms with Crippen molar-refractivity contribution in [1.29, 1.82) is 0 Å². The Morgan fingerprint density at radius 2 is 1.76 bits per heavy atom. The number of para-hydroxylation sites is 1. The first-order chi connectivity index (χ1) is 15.7. The summed E-state index contributed by atoms with van der Waals surface area (Å²) < 4.78 is 28.1. The van der Waals surface area contributed by atoms with E-state index in [4.69, 9.17) is 23.2 Å². The molecule has 172 valence electrons. The lowest BCUT2D eigenvalue weighted by atomic mass is 10.1. The molecule has 0 saturated carbocycles. The number of hydrogen-bond acceptors (Lipinski definition) is 4. The highest BCUT2D eigenvalue weighted by Gasteiger charge is 2.28. The van der Waals surface area contributed by atoms with Crippen molar-refractivity contribution in [3.63, 3.8) is 0 Å². The number of nitrogens with one attached hydrogen (secondary N) is 1. The largest absolute Gasteiger partial charge is 0.271 e. The molecule has 3 aromatic rings. The highest BCUT2D eigenvalue weighted by molar-refractivity contribution is 7.92. The molecular formula is C24H23Cl2N3O3S. The van der Waals surface area contributed by atoms with Gasteiger partial charge >= 0.3 is 0 Å². The summed E-state index contributed by atoms with van der Waals surface area (Å²) in [7, 11) is -4.00. The summed E-state index contributed by atoms with van der Waals surface area (Å²) in [6.07, 6.45) is 1.97. The molecule has 0 spiro atoms. The second-order valence-corrected chi connectivity index (χ2v) is 9.97. The third-order valence-electron chi connectivity index (χ3n) is 4.89. The Hall–Kier alpha value is -2.87. The lowest BCUT2D eigenvalue weighted by Crippen LogP contribution is -2.40. The second-order valence-electron chi connectivity index (χ2n) is 7.27. The molecule has 0 radical (unpaired) electrons. The Labute approximate surface area is 203 Å². The molecule has 0 aliphatic rings. The molecule has 33 heavy (non-hydrogen) atoms. The van der Waals surface area contributed by atoms with Gasteiger partial charge in [-0.3, -0.25) is 9.10 Å². The van der Waals surface area contributed by atoms with Crippen LogP contribution in [0, 0.1) is 6.92 Å². The maximum absolute atomic E-state index is 13.5. The number of hydrazone groups is 1. The van der Waals surface area contributed by atoms with E-state index in [1.807, 2.05) is 26.0 Å². The SMILES string of the molecule is CCc1ccccc1N(CC(=O)N/N=C\c1ccc(Cl)cc1Cl)S(=O)(=O)c1ccc(C)cc1. The number of aryl methyl sites for hydroxylation is 2. The Morgan fingerprint density at radius 1 is 1.06 bits per heavy atom. The summed E-state index contributed by atoms with van der Waals surface area (Å²) in [5.74, 6) is -0.599. The second kappa shape index (κ2) is 10.8. The molecule has 9 heteroatoms. The van der Waals surface area contributed by atoms with Crippen molar-refractivity contribution in [2.24, 2.45) is 5.10 Å². The van der Waals surface area contributed by atoms with Gasteiger partial charge in [-0.15, -0.1) is 0 Å². The molecule has 0 aliphatic carbocycles. The molecule has 3 rings (SSSR count). The van der Waals surface area contributed by atoms with Gasteiger partial charge in [-0.25, -0.2) is 13.8 Å². The van der Waals surface area contributed by atoms with Crippen molar-refractivity contribution in [1.82, 2.24) is 5.43 Å². The van der Waals surface area contributed by atoms with Gasteiger partial charge in [-0.1, -0.05) is 72.1 Å². The zero-order valence-electron chi connectivity index (χ0n) is 18.1. The predicted octanol–water partition coefficient (Wildman–Crippen LogP) is 5.21. The first-order valence-corrected chi connectivity index (χ1v) is 12.4. The number of sulfonamides is 1. The molecule has 0 aliphatic heterocycles. The summed E-state index contributed by atoms with van der Waals surface area (Å²) in [5.41, 5.74) is 5.11. The first-order valence-electron chi connectivity index (χ1n) is 10.2. The van der Waals surface area contributed by atoms with Gasteiger partial charge in [0.05, 0.1) is 21.8 Å². The van der Waals surface area contributed by atoms with Gasteiger partial charge in [0.15, 0.2) is 0 Å². The molecule has 0 saturated heterocycles. The van der Waals surface area contributed by atoms with Crippen LogP contribution in [0.2, 0.25) is 10.0 Å². The van der Waals surface area contributed by atoms with Crippen molar-refractivity contribution in [2.45, 2.75) is 25.2 Å². The maximum Gasteiger partial charge on any atom is 0.264 e. The quantitative estimate of drug-likeness (QED) is 0.338. The number of benzene rings is 3. The Balaban J connectivity index is 1.89. The fourth-order valence-corrected chi connectivity index (χ4v) is 5.05. The van der Waals surface area contributed by atoms with Crippen molar-refractivity contribution in [3.05, 3.63) is 93.5 Å². The van der Waals surface area contributed by atoms with Crippen LogP contribution in [0.5, 0.6) is 0 Å². The Morgan fingerprint density at radius 3 is 2.42 bits per heavy atom. The van der Waals surface area contributed by atoms with Crippen LogP contribution in [0.4, 0.5) is 5.69 Å². The average molecular weight is 504 g/mol. The molecule has 3 aromatic carbocycles. The van der Waals surface area contributed by atoms with E-state index < -0.39 is 22.5 Å². The van der Waals surface area contributed by atoms with Crippen LogP contribution in [0.25, 0.3) is 0 Å². The lowest BCUT2D eigenvalue weighted by Gasteiger charge is -2.25. The number of amides is 1. The topological polar surface area (TPSA) is 78.8 Å². The van der Waals surface area contributed by atoms with Crippen LogP contribution in [0.3, 0.4) is 0 Å². The van der Waals surface area contributed by atoms with Crippen LogP contribution in [-0.2, 0) is 21.2 Å². The molecule has 0 bridgehead atoms. The fraction of sp³-hybridized carbons (Fsp3) is 0.167. The van der Waals surface area contributed by atoms with Crippen molar-refractivity contribution in [3.8, 4) is 0 Å². The van der Waals surface area contributed by atoms with Crippen LogP contribution in [0.1, 0.15) is 23.6 Å². The zero-order chi connectivity index (χ0) is 24.0. The van der Waals surface area contributed by atoms with Crippen LogP contribution in [0.15, 0.2) is 76.7 Å². The zero-order valence-corrected chi connectivity index (χ0v) is 20.5. The molecule has 1 amide bonds. The highest BCUT2D eigenvalue weighted by Crippen LogP contribution is 2.27.